The lowest BCUT2D eigenvalue weighted by Crippen LogP contribution is -2.26. The van der Waals surface area contributed by atoms with Crippen molar-refractivity contribution in [2.75, 3.05) is 26.2 Å². The van der Waals surface area contributed by atoms with Gasteiger partial charge in [0.2, 0.25) is 0 Å². The maximum absolute atomic E-state index is 5.46. The summed E-state index contributed by atoms with van der Waals surface area (Å²) in [4.78, 5) is 2.60. The Bertz CT molecular complexity index is 96.0. The number of unbranched alkanes of at least 4 members (excludes halogenated alkanes) is 1. The minimum atomic E-state index is 0.855. The van der Waals surface area contributed by atoms with Crippen molar-refractivity contribution >= 4 is 0 Å². The lowest BCUT2D eigenvalue weighted by molar-refractivity contribution is 0.279. The summed E-state index contributed by atoms with van der Waals surface area (Å²) < 4.78 is 0. The summed E-state index contributed by atoms with van der Waals surface area (Å²) in [5.41, 5.74) is 5.46. The van der Waals surface area contributed by atoms with Gasteiger partial charge in [0.1, 0.15) is 0 Å². The van der Waals surface area contributed by atoms with Crippen LogP contribution in [0.4, 0.5) is 0 Å². The zero-order valence-electron chi connectivity index (χ0n) is 8.10. The Morgan fingerprint density at radius 3 is 2.17 bits per heavy atom. The second kappa shape index (κ2) is 6.44. The van der Waals surface area contributed by atoms with E-state index in [-0.39, 0.29) is 0 Å². The summed E-state index contributed by atoms with van der Waals surface area (Å²) in [5, 5.41) is 0. The fourth-order valence-electron chi connectivity index (χ4n) is 1.84. The molecular formula is C10H22N2. The average Bonchev–Trinajstić information content (AvgIpc) is 2.33. The Morgan fingerprint density at radius 2 is 1.58 bits per heavy atom. The summed E-state index contributed by atoms with van der Waals surface area (Å²) in [6, 6.07) is 0. The zero-order chi connectivity index (χ0) is 8.65. The first-order chi connectivity index (χ1) is 5.93. The predicted molar refractivity (Wildman–Crippen MR) is 53.2 cm³/mol. The van der Waals surface area contributed by atoms with E-state index in [1.807, 2.05) is 0 Å². The quantitative estimate of drug-likeness (QED) is 0.649. The first kappa shape index (κ1) is 10.0. The fraction of sp³-hybridized carbons (Fsp3) is 1.00. The number of hydrogen-bond donors (Lipinski definition) is 1. The molecule has 0 aromatic carbocycles. The van der Waals surface area contributed by atoms with Gasteiger partial charge in [-0.15, -0.1) is 0 Å². The molecule has 0 saturated carbocycles. The van der Waals surface area contributed by atoms with Gasteiger partial charge in [0.05, 0.1) is 0 Å². The molecular weight excluding hydrogens is 148 g/mol. The monoisotopic (exact) mass is 170 g/mol. The van der Waals surface area contributed by atoms with Crippen LogP contribution in [-0.2, 0) is 0 Å². The minimum absolute atomic E-state index is 0.855. The summed E-state index contributed by atoms with van der Waals surface area (Å²) in [7, 11) is 0. The molecule has 2 heteroatoms. The van der Waals surface area contributed by atoms with Crippen molar-refractivity contribution < 1.29 is 0 Å². The third-order valence-corrected chi connectivity index (χ3v) is 2.63. The van der Waals surface area contributed by atoms with Crippen LogP contribution in [0.25, 0.3) is 0 Å². The number of nitrogens with two attached hydrogens (primary N) is 1. The average molecular weight is 170 g/mol. The van der Waals surface area contributed by atoms with Crippen molar-refractivity contribution in [1.29, 1.82) is 0 Å². The maximum Gasteiger partial charge on any atom is -0.00183 e. The second-order valence-corrected chi connectivity index (χ2v) is 3.75. The first-order valence-corrected chi connectivity index (χ1v) is 5.36. The number of likely N-dealkylation sites (tertiary alicyclic amines) is 1. The number of rotatable bonds is 4. The zero-order valence-corrected chi connectivity index (χ0v) is 8.10. The van der Waals surface area contributed by atoms with E-state index in [1.54, 1.807) is 0 Å². The third kappa shape index (κ3) is 4.07. The molecule has 1 heterocycles. The van der Waals surface area contributed by atoms with Gasteiger partial charge in [-0.2, -0.15) is 0 Å². The molecule has 0 aliphatic carbocycles. The Balaban J connectivity index is 2.04. The Morgan fingerprint density at radius 1 is 0.917 bits per heavy atom. The van der Waals surface area contributed by atoms with Crippen molar-refractivity contribution in [3.63, 3.8) is 0 Å². The number of hydrogen-bond acceptors (Lipinski definition) is 2. The highest BCUT2D eigenvalue weighted by atomic mass is 15.1. The van der Waals surface area contributed by atoms with Gasteiger partial charge in [-0.25, -0.2) is 0 Å². The van der Waals surface area contributed by atoms with Crippen LogP contribution < -0.4 is 5.73 Å². The van der Waals surface area contributed by atoms with Crippen molar-refractivity contribution in [1.82, 2.24) is 4.90 Å². The van der Waals surface area contributed by atoms with E-state index in [9.17, 15) is 0 Å². The maximum atomic E-state index is 5.46. The third-order valence-electron chi connectivity index (χ3n) is 2.63. The van der Waals surface area contributed by atoms with Crippen molar-refractivity contribution in [3.8, 4) is 0 Å². The van der Waals surface area contributed by atoms with E-state index in [4.69, 9.17) is 5.73 Å². The van der Waals surface area contributed by atoms with Crippen molar-refractivity contribution in [2.24, 2.45) is 5.73 Å². The molecule has 0 atom stereocenters. The summed E-state index contributed by atoms with van der Waals surface area (Å²) in [5.74, 6) is 0. The van der Waals surface area contributed by atoms with Crippen molar-refractivity contribution in [2.45, 2.75) is 38.5 Å². The first-order valence-electron chi connectivity index (χ1n) is 5.36. The largest absolute Gasteiger partial charge is 0.330 e. The molecule has 1 saturated heterocycles. The Kier molecular flexibility index (Phi) is 5.37. The van der Waals surface area contributed by atoms with Crippen LogP contribution in [0.1, 0.15) is 38.5 Å². The van der Waals surface area contributed by atoms with Crippen LogP contribution in [0.3, 0.4) is 0 Å². The Labute approximate surface area is 76.1 Å². The summed E-state index contributed by atoms with van der Waals surface area (Å²) >= 11 is 0. The molecule has 0 bridgehead atoms. The van der Waals surface area contributed by atoms with Gasteiger partial charge in [-0.05, 0) is 51.9 Å². The highest BCUT2D eigenvalue weighted by Gasteiger charge is 2.07. The van der Waals surface area contributed by atoms with E-state index >= 15 is 0 Å². The molecule has 2 nitrogen and oxygen atoms in total. The highest BCUT2D eigenvalue weighted by Crippen LogP contribution is 2.09. The van der Waals surface area contributed by atoms with Gasteiger partial charge in [0, 0.05) is 0 Å². The molecule has 0 aromatic heterocycles. The molecule has 1 fully saturated rings. The second-order valence-electron chi connectivity index (χ2n) is 3.75. The van der Waals surface area contributed by atoms with Crippen LogP contribution in [-0.4, -0.2) is 31.1 Å². The van der Waals surface area contributed by atoms with Crippen LogP contribution >= 0.6 is 0 Å². The van der Waals surface area contributed by atoms with Crippen LogP contribution in [0, 0.1) is 0 Å². The van der Waals surface area contributed by atoms with E-state index in [1.165, 1.54) is 58.2 Å². The van der Waals surface area contributed by atoms with Gasteiger partial charge >= 0.3 is 0 Å². The van der Waals surface area contributed by atoms with Crippen molar-refractivity contribution in [3.05, 3.63) is 0 Å². The van der Waals surface area contributed by atoms with Gasteiger partial charge in [-0.3, -0.25) is 0 Å². The fourth-order valence-corrected chi connectivity index (χ4v) is 1.84. The molecule has 1 aliphatic rings. The topological polar surface area (TPSA) is 29.3 Å². The lowest BCUT2D eigenvalue weighted by atomic mass is 10.2. The molecule has 0 amide bonds. The Hall–Kier alpha value is -0.0800. The summed E-state index contributed by atoms with van der Waals surface area (Å²) in [6.45, 7) is 4.78. The molecule has 0 radical (unpaired) electrons. The smallest absolute Gasteiger partial charge is 0.00183 e. The lowest BCUT2D eigenvalue weighted by Gasteiger charge is -2.18. The molecule has 72 valence electrons. The normalized spacial score (nSPS) is 20.8. The molecule has 0 spiro atoms. The molecule has 2 N–H and O–H groups in total. The molecule has 0 aromatic rings. The van der Waals surface area contributed by atoms with Gasteiger partial charge in [0.25, 0.3) is 0 Å². The standard InChI is InChI=1S/C10H22N2/c11-7-3-6-10-12-8-4-1-2-5-9-12/h1-11H2. The van der Waals surface area contributed by atoms with Gasteiger partial charge < -0.3 is 10.6 Å². The van der Waals surface area contributed by atoms with Crippen LogP contribution in [0.15, 0.2) is 0 Å². The van der Waals surface area contributed by atoms with E-state index in [2.05, 4.69) is 4.90 Å². The predicted octanol–water partition coefficient (Wildman–Crippen LogP) is 1.60. The van der Waals surface area contributed by atoms with E-state index in [0.717, 1.165) is 6.54 Å². The molecule has 0 unspecified atom stereocenters. The minimum Gasteiger partial charge on any atom is -0.330 e. The molecule has 12 heavy (non-hydrogen) atoms. The molecule has 1 aliphatic heterocycles. The summed E-state index contributed by atoms with van der Waals surface area (Å²) in [6.07, 6.45) is 8.17. The van der Waals surface area contributed by atoms with E-state index in [0.29, 0.717) is 0 Å². The number of nitrogens with zero attached hydrogens (tertiary/aromatic N) is 1. The van der Waals surface area contributed by atoms with Gasteiger partial charge in [0.15, 0.2) is 0 Å². The SMILES string of the molecule is NCCCCN1CCCCCC1. The highest BCUT2D eigenvalue weighted by molar-refractivity contribution is 4.63. The van der Waals surface area contributed by atoms with E-state index < -0.39 is 0 Å². The molecule has 1 rings (SSSR count). The van der Waals surface area contributed by atoms with Gasteiger partial charge in [-0.1, -0.05) is 12.8 Å². The van der Waals surface area contributed by atoms with Crippen LogP contribution in [0.2, 0.25) is 0 Å². The van der Waals surface area contributed by atoms with Crippen LogP contribution in [0.5, 0.6) is 0 Å².